The zero-order valence-corrected chi connectivity index (χ0v) is 20.5. The number of methoxy groups -OCH3 is 1. The maximum atomic E-state index is 14.2. The van der Waals surface area contributed by atoms with Crippen molar-refractivity contribution in [3.05, 3.63) is 78.1 Å². The summed E-state index contributed by atoms with van der Waals surface area (Å²) in [4.78, 5) is 9.86. The van der Waals surface area contributed by atoms with Crippen LogP contribution in [0.5, 0.6) is 5.88 Å². The van der Waals surface area contributed by atoms with Crippen LogP contribution in [0.2, 0.25) is 0 Å². The predicted molar refractivity (Wildman–Crippen MR) is 134 cm³/mol. The van der Waals surface area contributed by atoms with Crippen molar-refractivity contribution in [3.63, 3.8) is 0 Å². The van der Waals surface area contributed by atoms with Crippen LogP contribution >= 0.6 is 0 Å². The molecule has 2 aromatic carbocycles. The maximum Gasteiger partial charge on any atom is 0.264 e. The molecule has 36 heavy (non-hydrogen) atoms. The van der Waals surface area contributed by atoms with E-state index in [2.05, 4.69) is 26.5 Å². The predicted octanol–water partition coefficient (Wildman–Crippen LogP) is 4.30. The minimum atomic E-state index is -4.39. The minimum absolute atomic E-state index is 0.00370. The largest absolute Gasteiger partial charge is 0.480 e. The fourth-order valence-electron chi connectivity index (χ4n) is 3.47. The number of nitrogens with zero attached hydrogens (tertiary/aromatic N) is 3. The number of sulfonamides is 1. The monoisotopic (exact) mass is 508 g/mol. The number of halogens is 2. The molecule has 184 valence electrons. The highest BCUT2D eigenvalue weighted by molar-refractivity contribution is 7.92. The summed E-state index contributed by atoms with van der Waals surface area (Å²) in [5.41, 5.74) is 2.86. The highest BCUT2D eigenvalue weighted by atomic mass is 32.2. The number of ether oxygens (including phenoxy) is 1. The molecule has 0 amide bonds. The Kier molecular flexibility index (Phi) is 7.15. The number of nitrogens with one attached hydrogen (secondary N) is 1. The molecule has 2 heterocycles. The van der Waals surface area contributed by atoms with E-state index in [9.17, 15) is 17.2 Å². The molecule has 0 aliphatic carbocycles. The van der Waals surface area contributed by atoms with Gasteiger partial charge in [0.1, 0.15) is 22.2 Å². The van der Waals surface area contributed by atoms with Crippen molar-refractivity contribution in [2.24, 2.45) is 0 Å². The Labute approximate surface area is 207 Å². The lowest BCUT2D eigenvalue weighted by molar-refractivity contribution is 0.400. The fraction of sp³-hybridized carbons (Fsp3) is 0.154. The lowest BCUT2D eigenvalue weighted by Crippen LogP contribution is -2.15. The molecular formula is C26H22F2N4O3S. The summed E-state index contributed by atoms with van der Waals surface area (Å²) in [5.74, 6) is 4.17. The zero-order valence-electron chi connectivity index (χ0n) is 19.7. The summed E-state index contributed by atoms with van der Waals surface area (Å²) in [6.45, 7) is 0.601. The normalized spacial score (nSPS) is 11.3. The van der Waals surface area contributed by atoms with E-state index in [1.165, 1.54) is 19.4 Å². The molecular weight excluding hydrogens is 486 g/mol. The second-order valence-corrected chi connectivity index (χ2v) is 9.74. The van der Waals surface area contributed by atoms with Crippen LogP contribution in [0, 0.1) is 23.5 Å². The Balaban J connectivity index is 1.75. The first-order chi connectivity index (χ1) is 17.2. The van der Waals surface area contributed by atoms with Crippen LogP contribution in [0.1, 0.15) is 5.56 Å². The Morgan fingerprint density at radius 3 is 2.56 bits per heavy atom. The van der Waals surface area contributed by atoms with Gasteiger partial charge in [0, 0.05) is 35.0 Å². The first-order valence-electron chi connectivity index (χ1n) is 10.7. The van der Waals surface area contributed by atoms with E-state index in [1.807, 2.05) is 43.3 Å². The number of pyridine rings is 2. The second-order valence-electron chi connectivity index (χ2n) is 8.09. The van der Waals surface area contributed by atoms with Gasteiger partial charge in [0.2, 0.25) is 5.88 Å². The lowest BCUT2D eigenvalue weighted by atomic mass is 10.0. The smallest absolute Gasteiger partial charge is 0.264 e. The van der Waals surface area contributed by atoms with Gasteiger partial charge in [-0.25, -0.2) is 22.2 Å². The average molecular weight is 509 g/mol. The summed E-state index contributed by atoms with van der Waals surface area (Å²) in [7, 11) is 0.807. The van der Waals surface area contributed by atoms with Gasteiger partial charge in [-0.1, -0.05) is 17.9 Å². The van der Waals surface area contributed by atoms with Crippen molar-refractivity contribution in [2.45, 2.75) is 4.90 Å². The number of hydrogen-bond acceptors (Lipinski definition) is 6. The summed E-state index contributed by atoms with van der Waals surface area (Å²) in [6.07, 6.45) is 3.22. The number of anilines is 1. The van der Waals surface area contributed by atoms with Gasteiger partial charge in [-0.05, 0) is 56.1 Å². The molecule has 0 saturated carbocycles. The van der Waals surface area contributed by atoms with Crippen molar-refractivity contribution >= 4 is 26.6 Å². The number of rotatable bonds is 6. The first-order valence-corrected chi connectivity index (χ1v) is 12.2. The molecule has 0 aliphatic rings. The minimum Gasteiger partial charge on any atom is -0.480 e. The maximum absolute atomic E-state index is 14.2. The van der Waals surface area contributed by atoms with E-state index in [1.54, 1.807) is 6.20 Å². The molecule has 1 N–H and O–H groups in total. The highest BCUT2D eigenvalue weighted by Crippen LogP contribution is 2.32. The molecule has 0 aliphatic heterocycles. The molecule has 2 aromatic heterocycles. The second kappa shape index (κ2) is 10.3. The van der Waals surface area contributed by atoms with Crippen LogP contribution in [-0.2, 0) is 10.0 Å². The number of benzene rings is 2. The van der Waals surface area contributed by atoms with Crippen LogP contribution in [-0.4, -0.2) is 51.0 Å². The molecule has 4 aromatic rings. The number of aromatic nitrogens is 2. The average Bonchev–Trinajstić information content (AvgIpc) is 2.83. The van der Waals surface area contributed by atoms with Crippen molar-refractivity contribution < 1.29 is 21.9 Å². The topological polar surface area (TPSA) is 84.4 Å². The van der Waals surface area contributed by atoms with Crippen LogP contribution in [0.3, 0.4) is 0 Å². The van der Waals surface area contributed by atoms with Gasteiger partial charge < -0.3 is 4.74 Å². The third kappa shape index (κ3) is 5.43. The molecule has 0 radical (unpaired) electrons. The summed E-state index contributed by atoms with van der Waals surface area (Å²) < 4.78 is 60.6. The molecule has 0 atom stereocenters. The first kappa shape index (κ1) is 25.0. The van der Waals surface area contributed by atoms with Crippen LogP contribution in [0.15, 0.2) is 65.8 Å². The fourth-order valence-corrected chi connectivity index (χ4v) is 4.57. The summed E-state index contributed by atoms with van der Waals surface area (Å²) in [5, 5.41) is 0.826. The third-order valence-electron chi connectivity index (χ3n) is 5.17. The van der Waals surface area contributed by atoms with Crippen molar-refractivity contribution in [2.75, 3.05) is 32.5 Å². The van der Waals surface area contributed by atoms with Crippen LogP contribution in [0.4, 0.5) is 14.5 Å². The van der Waals surface area contributed by atoms with E-state index in [-0.39, 0.29) is 11.6 Å². The number of hydrogen-bond donors (Lipinski definition) is 1. The molecule has 0 bridgehead atoms. The van der Waals surface area contributed by atoms with Gasteiger partial charge >= 0.3 is 0 Å². The Bertz CT molecular complexity index is 1610. The Hall–Kier alpha value is -4.07. The third-order valence-corrected chi connectivity index (χ3v) is 6.56. The van der Waals surface area contributed by atoms with E-state index in [0.717, 1.165) is 34.2 Å². The van der Waals surface area contributed by atoms with Crippen LogP contribution < -0.4 is 9.46 Å². The summed E-state index contributed by atoms with van der Waals surface area (Å²) in [6, 6.07) is 11.1. The zero-order chi connectivity index (χ0) is 25.9. The van der Waals surface area contributed by atoms with E-state index in [0.29, 0.717) is 18.2 Å². The van der Waals surface area contributed by atoms with Crippen LogP contribution in [0.25, 0.3) is 22.0 Å². The van der Waals surface area contributed by atoms with Crippen molar-refractivity contribution in [1.29, 1.82) is 0 Å². The van der Waals surface area contributed by atoms with E-state index in [4.69, 9.17) is 4.74 Å². The number of fused-ring (bicyclic) bond motifs is 1. The van der Waals surface area contributed by atoms with Gasteiger partial charge in [-0.15, -0.1) is 0 Å². The van der Waals surface area contributed by atoms with Gasteiger partial charge in [0.15, 0.2) is 0 Å². The van der Waals surface area contributed by atoms with Crippen molar-refractivity contribution in [3.8, 4) is 28.8 Å². The molecule has 4 rings (SSSR count). The van der Waals surface area contributed by atoms with Gasteiger partial charge in [-0.2, -0.15) is 0 Å². The van der Waals surface area contributed by atoms with Gasteiger partial charge in [0.05, 0.1) is 19.2 Å². The SMILES string of the molecule is COc1ncc(-c2ccc3nccc(C#CCN(C)C)c3c2)cc1NS(=O)(=O)c1ccc(F)cc1F. The Morgan fingerprint density at radius 1 is 1.03 bits per heavy atom. The molecule has 0 saturated heterocycles. The molecule has 0 unspecified atom stereocenters. The standard InChI is InChI=1S/C26H22F2N4O3S/c1-32(2)12-4-5-17-10-11-29-23-8-6-18(13-21(17)23)19-14-24(26(35-3)30-16-19)31-36(33,34)25-9-7-20(27)15-22(25)28/h6-11,13-16,31H,12H2,1-3H3. The highest BCUT2D eigenvalue weighted by Gasteiger charge is 2.22. The molecule has 0 fully saturated rings. The van der Waals surface area contributed by atoms with Gasteiger partial charge in [-0.3, -0.25) is 14.6 Å². The lowest BCUT2D eigenvalue weighted by Gasteiger charge is -2.13. The molecule has 0 spiro atoms. The molecule has 7 nitrogen and oxygen atoms in total. The van der Waals surface area contributed by atoms with Gasteiger partial charge in [0.25, 0.3) is 10.0 Å². The van der Waals surface area contributed by atoms with E-state index < -0.39 is 26.6 Å². The molecule has 10 heteroatoms. The Morgan fingerprint density at radius 2 is 1.83 bits per heavy atom. The summed E-state index contributed by atoms with van der Waals surface area (Å²) >= 11 is 0. The quantitative estimate of drug-likeness (QED) is 0.391. The van der Waals surface area contributed by atoms with Crippen molar-refractivity contribution in [1.82, 2.24) is 14.9 Å². The van der Waals surface area contributed by atoms with E-state index >= 15 is 0 Å².